The zero-order chi connectivity index (χ0) is 11.8. The lowest BCUT2D eigenvalue weighted by Gasteiger charge is -2.22. The van der Waals surface area contributed by atoms with E-state index in [1.165, 1.54) is 20.7 Å². The first-order valence-corrected chi connectivity index (χ1v) is 7.10. The summed E-state index contributed by atoms with van der Waals surface area (Å²) in [6.07, 6.45) is 0. The maximum Gasteiger partial charge on any atom is 0.261 e. The van der Waals surface area contributed by atoms with Crippen LogP contribution in [0.25, 0.3) is 9.40 Å². The van der Waals surface area contributed by atoms with Gasteiger partial charge in [0.15, 0.2) is 0 Å². The van der Waals surface area contributed by atoms with Crippen LogP contribution in [-0.2, 0) is 0 Å². The van der Waals surface area contributed by atoms with Gasteiger partial charge in [-0.2, -0.15) is 0 Å². The normalized spacial score (nSPS) is 11.9. The molecule has 1 N–H and O–H groups in total. The van der Waals surface area contributed by atoms with Crippen LogP contribution in [0.2, 0.25) is 0 Å². The van der Waals surface area contributed by atoms with Crippen LogP contribution in [0.1, 0.15) is 23.5 Å². The van der Waals surface area contributed by atoms with Crippen molar-refractivity contribution >= 4 is 49.6 Å². The number of fused-ring (bicyclic) bond motifs is 1. The van der Waals surface area contributed by atoms with Crippen molar-refractivity contribution in [1.29, 1.82) is 0 Å². The number of hydrogen-bond donors (Lipinski definition) is 1. The minimum absolute atomic E-state index is 0.0425. The molecule has 0 bridgehead atoms. The molecule has 0 saturated carbocycles. The molecule has 0 saturated heterocycles. The van der Waals surface area contributed by atoms with Gasteiger partial charge in [-0.05, 0) is 31.4 Å². The average molecular weight is 274 g/mol. The monoisotopic (exact) mass is 273 g/mol. The molecule has 0 aromatic carbocycles. The third-order valence-corrected chi connectivity index (χ3v) is 4.91. The number of nitrogens with one attached hydrogen (secondary N) is 1. The molecule has 0 radical (unpaired) electrons. The number of carbonyl (C=O) groups is 1. The topological polar surface area (TPSA) is 29.1 Å². The molecule has 0 unspecified atom stereocenters. The molecule has 2 aromatic heterocycles. The summed E-state index contributed by atoms with van der Waals surface area (Å²) in [5, 5.41) is 4.95. The highest BCUT2D eigenvalue weighted by atomic mass is 35.5. The Balaban J connectivity index is 2.19. The zero-order valence-electron chi connectivity index (χ0n) is 9.04. The van der Waals surface area contributed by atoms with Gasteiger partial charge in [0.25, 0.3) is 5.91 Å². The fourth-order valence-electron chi connectivity index (χ4n) is 1.28. The smallest absolute Gasteiger partial charge is 0.261 e. The van der Waals surface area contributed by atoms with E-state index < -0.39 is 0 Å². The minimum atomic E-state index is -0.365. The van der Waals surface area contributed by atoms with Crippen molar-refractivity contribution in [3.63, 3.8) is 0 Å². The first-order valence-electron chi connectivity index (χ1n) is 4.87. The van der Waals surface area contributed by atoms with Crippen LogP contribution in [0, 0.1) is 0 Å². The van der Waals surface area contributed by atoms with Gasteiger partial charge in [0.2, 0.25) is 0 Å². The molecular weight excluding hydrogens is 262 g/mol. The van der Waals surface area contributed by atoms with Gasteiger partial charge in [-0.1, -0.05) is 0 Å². The summed E-state index contributed by atoms with van der Waals surface area (Å²) >= 11 is 8.95. The average Bonchev–Trinajstić information content (AvgIpc) is 2.75. The standard InChI is InChI=1S/C11H12ClNOS2/c1-11(2,6-12)13-10(14)9-5-8-7(16-9)3-4-15-8/h3-5H,6H2,1-2H3,(H,13,14). The molecular formula is C11H12ClNOS2. The number of amides is 1. The van der Waals surface area contributed by atoms with Crippen molar-refractivity contribution in [3.05, 3.63) is 22.4 Å². The predicted octanol–water partition coefficient (Wildman–Crippen LogP) is 3.71. The Morgan fingerprint density at radius 1 is 1.50 bits per heavy atom. The van der Waals surface area contributed by atoms with Crippen molar-refractivity contribution in [2.24, 2.45) is 0 Å². The number of hydrogen-bond acceptors (Lipinski definition) is 3. The molecule has 0 atom stereocenters. The fourth-order valence-corrected chi connectivity index (χ4v) is 3.35. The highest BCUT2D eigenvalue weighted by Gasteiger charge is 2.21. The predicted molar refractivity (Wildman–Crippen MR) is 72.0 cm³/mol. The SMILES string of the molecule is CC(C)(CCl)NC(=O)c1cc2sccc2s1. The lowest BCUT2D eigenvalue weighted by Crippen LogP contribution is -2.44. The largest absolute Gasteiger partial charge is 0.345 e. The van der Waals surface area contributed by atoms with E-state index in [0.717, 1.165) is 4.88 Å². The molecule has 2 nitrogen and oxygen atoms in total. The Bertz CT molecular complexity index is 486. The number of rotatable bonds is 3. The van der Waals surface area contributed by atoms with Crippen LogP contribution < -0.4 is 5.32 Å². The number of carbonyl (C=O) groups excluding carboxylic acids is 1. The highest BCUT2D eigenvalue weighted by Crippen LogP contribution is 2.30. The lowest BCUT2D eigenvalue weighted by molar-refractivity contribution is 0.0925. The summed E-state index contributed by atoms with van der Waals surface area (Å²) in [5.41, 5.74) is -0.365. The van der Waals surface area contributed by atoms with Crippen LogP contribution in [0.5, 0.6) is 0 Å². The van der Waals surface area contributed by atoms with E-state index in [1.54, 1.807) is 11.3 Å². The Kier molecular flexibility index (Phi) is 3.24. The van der Waals surface area contributed by atoms with Gasteiger partial charge in [-0.3, -0.25) is 4.79 Å². The van der Waals surface area contributed by atoms with E-state index in [4.69, 9.17) is 11.6 Å². The van der Waals surface area contributed by atoms with E-state index in [1.807, 2.05) is 31.4 Å². The van der Waals surface area contributed by atoms with Gasteiger partial charge in [0.05, 0.1) is 4.88 Å². The van der Waals surface area contributed by atoms with Crippen molar-refractivity contribution in [1.82, 2.24) is 5.32 Å². The molecule has 2 heterocycles. The van der Waals surface area contributed by atoms with E-state index in [2.05, 4.69) is 5.32 Å². The minimum Gasteiger partial charge on any atom is -0.345 e. The van der Waals surface area contributed by atoms with Crippen LogP contribution in [0.15, 0.2) is 17.5 Å². The summed E-state index contributed by atoms with van der Waals surface area (Å²) in [5.74, 6) is 0.359. The van der Waals surface area contributed by atoms with Gasteiger partial charge in [0, 0.05) is 20.8 Å². The summed E-state index contributed by atoms with van der Waals surface area (Å²) in [6, 6.07) is 3.97. The molecule has 0 aliphatic carbocycles. The summed E-state index contributed by atoms with van der Waals surface area (Å²) in [6.45, 7) is 3.82. The third-order valence-electron chi connectivity index (χ3n) is 2.15. The van der Waals surface area contributed by atoms with Crippen LogP contribution in [0.4, 0.5) is 0 Å². The molecule has 1 amide bonds. The molecule has 0 spiro atoms. The Hall–Kier alpha value is -0.580. The molecule has 0 aliphatic rings. The van der Waals surface area contributed by atoms with E-state index in [9.17, 15) is 4.79 Å². The van der Waals surface area contributed by atoms with Crippen molar-refractivity contribution in [3.8, 4) is 0 Å². The molecule has 2 aromatic rings. The summed E-state index contributed by atoms with van der Waals surface area (Å²) in [4.78, 5) is 12.7. The number of halogens is 1. The van der Waals surface area contributed by atoms with E-state index in [0.29, 0.717) is 5.88 Å². The third kappa shape index (κ3) is 2.39. The number of thiophene rings is 2. The lowest BCUT2D eigenvalue weighted by atomic mass is 10.1. The molecule has 0 aliphatic heterocycles. The zero-order valence-corrected chi connectivity index (χ0v) is 11.4. The highest BCUT2D eigenvalue weighted by molar-refractivity contribution is 7.27. The molecule has 16 heavy (non-hydrogen) atoms. The fraction of sp³-hybridized carbons (Fsp3) is 0.364. The van der Waals surface area contributed by atoms with Gasteiger partial charge >= 0.3 is 0 Å². The maximum atomic E-state index is 11.9. The molecule has 5 heteroatoms. The maximum absolute atomic E-state index is 11.9. The van der Waals surface area contributed by atoms with E-state index in [-0.39, 0.29) is 11.4 Å². The first kappa shape index (κ1) is 11.9. The van der Waals surface area contributed by atoms with Crippen LogP contribution in [-0.4, -0.2) is 17.3 Å². The van der Waals surface area contributed by atoms with Gasteiger partial charge in [-0.25, -0.2) is 0 Å². The van der Waals surface area contributed by atoms with Crippen LogP contribution in [0.3, 0.4) is 0 Å². The van der Waals surface area contributed by atoms with Gasteiger partial charge in [-0.15, -0.1) is 34.3 Å². The molecule has 2 rings (SSSR count). The molecule has 0 fully saturated rings. The second-order valence-electron chi connectivity index (χ2n) is 4.23. The Morgan fingerprint density at radius 2 is 2.25 bits per heavy atom. The van der Waals surface area contributed by atoms with Crippen LogP contribution >= 0.6 is 34.3 Å². The summed E-state index contributed by atoms with van der Waals surface area (Å²) < 4.78 is 2.33. The first-order chi connectivity index (χ1) is 7.52. The van der Waals surface area contributed by atoms with Crippen molar-refractivity contribution < 1.29 is 4.79 Å². The summed E-state index contributed by atoms with van der Waals surface area (Å²) in [7, 11) is 0. The second-order valence-corrected chi connectivity index (χ2v) is 6.53. The van der Waals surface area contributed by atoms with Crippen molar-refractivity contribution in [2.45, 2.75) is 19.4 Å². The second kappa shape index (κ2) is 4.35. The molecule has 86 valence electrons. The Labute approximate surface area is 107 Å². The number of alkyl halides is 1. The Morgan fingerprint density at radius 3 is 2.88 bits per heavy atom. The van der Waals surface area contributed by atoms with Crippen molar-refractivity contribution in [2.75, 3.05) is 5.88 Å². The van der Waals surface area contributed by atoms with Gasteiger partial charge < -0.3 is 5.32 Å². The quantitative estimate of drug-likeness (QED) is 0.849. The van der Waals surface area contributed by atoms with E-state index >= 15 is 0 Å². The van der Waals surface area contributed by atoms with Gasteiger partial charge in [0.1, 0.15) is 0 Å².